The van der Waals surface area contributed by atoms with Crippen LogP contribution in [0.15, 0.2) is 72.8 Å². The molecule has 5 aromatic rings. The fraction of sp³-hybridized carbons (Fsp3) is 0.148. The van der Waals surface area contributed by atoms with Gasteiger partial charge in [-0.25, -0.2) is 9.97 Å². The van der Waals surface area contributed by atoms with Crippen LogP contribution in [0.5, 0.6) is 11.5 Å². The number of carbonyl (C=O) groups excluding carboxylic acids is 1. The SMILES string of the molecule is COc1ccc(-n2c(N)c(C(=O)NCCc3ccccc3)c3nc4ccccc4nc32)cc1OC. The number of methoxy groups -OCH3 is 2. The van der Waals surface area contributed by atoms with Crippen LogP contribution in [-0.2, 0) is 6.42 Å². The number of amides is 1. The number of nitrogens with two attached hydrogens (primary N) is 1. The van der Waals surface area contributed by atoms with Gasteiger partial charge in [0.25, 0.3) is 5.91 Å². The Bertz CT molecular complexity index is 1530. The number of nitrogen functional groups attached to an aromatic ring is 1. The summed E-state index contributed by atoms with van der Waals surface area (Å²) in [6, 6.07) is 22.9. The normalized spacial score (nSPS) is 11.0. The minimum absolute atomic E-state index is 0.250. The number of hydrogen-bond acceptors (Lipinski definition) is 6. The highest BCUT2D eigenvalue weighted by Crippen LogP contribution is 2.35. The van der Waals surface area contributed by atoms with Crippen LogP contribution in [0.1, 0.15) is 15.9 Å². The third-order valence-electron chi connectivity index (χ3n) is 5.89. The predicted molar refractivity (Wildman–Crippen MR) is 136 cm³/mol. The van der Waals surface area contributed by atoms with Gasteiger partial charge in [0.2, 0.25) is 0 Å². The first-order valence-electron chi connectivity index (χ1n) is 11.2. The first-order chi connectivity index (χ1) is 17.1. The van der Waals surface area contributed by atoms with E-state index < -0.39 is 0 Å². The largest absolute Gasteiger partial charge is 0.493 e. The summed E-state index contributed by atoms with van der Waals surface area (Å²) < 4.78 is 12.6. The molecule has 176 valence electrons. The first-order valence-corrected chi connectivity index (χ1v) is 11.2. The third-order valence-corrected chi connectivity index (χ3v) is 5.89. The molecule has 0 bridgehead atoms. The lowest BCUT2D eigenvalue weighted by atomic mass is 10.1. The van der Waals surface area contributed by atoms with Gasteiger partial charge in [-0.1, -0.05) is 42.5 Å². The summed E-state index contributed by atoms with van der Waals surface area (Å²) in [7, 11) is 3.14. The quantitative estimate of drug-likeness (QED) is 0.373. The van der Waals surface area contributed by atoms with E-state index in [1.54, 1.807) is 30.9 Å². The van der Waals surface area contributed by atoms with Crippen molar-refractivity contribution in [3.05, 3.63) is 83.9 Å². The van der Waals surface area contributed by atoms with E-state index in [1.165, 1.54) is 0 Å². The fourth-order valence-corrected chi connectivity index (χ4v) is 4.16. The first kappa shape index (κ1) is 22.2. The van der Waals surface area contributed by atoms with E-state index in [0.717, 1.165) is 5.56 Å². The van der Waals surface area contributed by atoms with Gasteiger partial charge in [0, 0.05) is 12.6 Å². The van der Waals surface area contributed by atoms with Crippen molar-refractivity contribution < 1.29 is 14.3 Å². The second-order valence-electron chi connectivity index (χ2n) is 8.01. The van der Waals surface area contributed by atoms with E-state index in [9.17, 15) is 4.79 Å². The maximum Gasteiger partial charge on any atom is 0.257 e. The molecule has 2 aromatic heterocycles. The van der Waals surface area contributed by atoms with Crippen LogP contribution < -0.4 is 20.5 Å². The van der Waals surface area contributed by atoms with Crippen LogP contribution in [0.4, 0.5) is 5.82 Å². The molecular formula is C27H25N5O3. The van der Waals surface area contributed by atoms with Crippen LogP contribution in [0.3, 0.4) is 0 Å². The molecule has 8 nitrogen and oxygen atoms in total. The number of carbonyl (C=O) groups is 1. The van der Waals surface area contributed by atoms with Crippen molar-refractivity contribution in [3.63, 3.8) is 0 Å². The molecule has 3 aromatic carbocycles. The highest BCUT2D eigenvalue weighted by atomic mass is 16.5. The van der Waals surface area contributed by atoms with Crippen molar-refractivity contribution in [2.24, 2.45) is 0 Å². The molecule has 0 aliphatic rings. The molecule has 0 saturated heterocycles. The van der Waals surface area contributed by atoms with Gasteiger partial charge in [0.1, 0.15) is 16.9 Å². The number of para-hydroxylation sites is 2. The molecule has 3 N–H and O–H groups in total. The van der Waals surface area contributed by atoms with Gasteiger partial charge in [-0.05, 0) is 36.2 Å². The number of nitrogens with one attached hydrogen (secondary N) is 1. The molecular weight excluding hydrogens is 442 g/mol. The summed E-state index contributed by atoms with van der Waals surface area (Å²) in [6.07, 6.45) is 0.704. The number of ether oxygens (including phenoxy) is 2. The second kappa shape index (κ2) is 9.34. The third kappa shape index (κ3) is 4.10. The topological polar surface area (TPSA) is 104 Å². The molecule has 0 atom stereocenters. The number of aromatic nitrogens is 3. The van der Waals surface area contributed by atoms with Crippen LogP contribution in [-0.4, -0.2) is 41.2 Å². The molecule has 8 heteroatoms. The molecule has 0 unspecified atom stereocenters. The van der Waals surface area contributed by atoms with E-state index >= 15 is 0 Å². The average Bonchev–Trinajstić information content (AvgIpc) is 3.17. The van der Waals surface area contributed by atoms with Crippen LogP contribution in [0.2, 0.25) is 0 Å². The van der Waals surface area contributed by atoms with Gasteiger partial charge in [-0.3, -0.25) is 9.36 Å². The van der Waals surface area contributed by atoms with Crippen molar-refractivity contribution in [2.45, 2.75) is 6.42 Å². The lowest BCUT2D eigenvalue weighted by molar-refractivity contribution is 0.0956. The van der Waals surface area contributed by atoms with Crippen molar-refractivity contribution in [3.8, 4) is 17.2 Å². The number of anilines is 1. The summed E-state index contributed by atoms with van der Waals surface area (Å²) in [5.41, 5.74) is 11.0. The Balaban J connectivity index is 1.61. The standard InChI is InChI=1S/C27H25N5O3/c1-34-21-13-12-18(16-22(21)35-2)32-25(28)23(27(33)29-15-14-17-8-4-3-5-9-17)24-26(32)31-20-11-7-6-10-19(20)30-24/h3-13,16H,14-15,28H2,1-2H3,(H,29,33). The highest BCUT2D eigenvalue weighted by Gasteiger charge is 2.25. The van der Waals surface area contributed by atoms with Gasteiger partial charge in [0.05, 0.1) is 30.9 Å². The molecule has 0 spiro atoms. The van der Waals surface area contributed by atoms with Gasteiger partial charge < -0.3 is 20.5 Å². The van der Waals surface area contributed by atoms with E-state index in [-0.39, 0.29) is 11.7 Å². The summed E-state index contributed by atoms with van der Waals surface area (Å²) in [5, 5.41) is 2.99. The summed E-state index contributed by atoms with van der Waals surface area (Å²) in [5.74, 6) is 1.07. The number of rotatable bonds is 7. The minimum atomic E-state index is -0.299. The summed E-state index contributed by atoms with van der Waals surface area (Å²) >= 11 is 0. The molecule has 0 fully saturated rings. The Morgan fingerprint density at radius 3 is 2.31 bits per heavy atom. The smallest absolute Gasteiger partial charge is 0.257 e. The summed E-state index contributed by atoms with van der Waals surface area (Å²) in [6.45, 7) is 0.465. The van der Waals surface area contributed by atoms with Gasteiger partial charge in [-0.2, -0.15) is 0 Å². The maximum absolute atomic E-state index is 13.4. The van der Waals surface area contributed by atoms with Crippen LogP contribution in [0.25, 0.3) is 27.9 Å². The zero-order chi connectivity index (χ0) is 24.4. The zero-order valence-electron chi connectivity index (χ0n) is 19.5. The maximum atomic E-state index is 13.4. The number of benzene rings is 3. The number of fused-ring (bicyclic) bond motifs is 2. The predicted octanol–water partition coefficient (Wildman–Crippen LogP) is 4.15. The van der Waals surface area contributed by atoms with Crippen molar-refractivity contribution in [1.29, 1.82) is 0 Å². The average molecular weight is 468 g/mol. The number of nitrogens with zero attached hydrogens (tertiary/aromatic N) is 3. The van der Waals surface area contributed by atoms with Gasteiger partial charge >= 0.3 is 0 Å². The second-order valence-corrected chi connectivity index (χ2v) is 8.01. The molecule has 2 heterocycles. The van der Waals surface area contributed by atoms with Crippen molar-refractivity contribution >= 4 is 33.9 Å². The minimum Gasteiger partial charge on any atom is -0.493 e. The Hall–Kier alpha value is -4.59. The molecule has 0 aliphatic heterocycles. The lowest BCUT2D eigenvalue weighted by Crippen LogP contribution is -2.26. The Morgan fingerprint density at radius 2 is 1.60 bits per heavy atom. The summed E-state index contributed by atoms with van der Waals surface area (Å²) in [4.78, 5) is 22.9. The molecule has 1 amide bonds. The molecule has 35 heavy (non-hydrogen) atoms. The molecule has 5 rings (SSSR count). The van der Waals surface area contributed by atoms with Crippen LogP contribution in [0, 0.1) is 0 Å². The van der Waals surface area contributed by atoms with Crippen molar-refractivity contribution in [1.82, 2.24) is 19.9 Å². The van der Waals surface area contributed by atoms with Gasteiger partial charge in [0.15, 0.2) is 17.1 Å². The fourth-order valence-electron chi connectivity index (χ4n) is 4.16. The Kier molecular flexibility index (Phi) is 5.93. The molecule has 0 saturated carbocycles. The Morgan fingerprint density at radius 1 is 0.914 bits per heavy atom. The van der Waals surface area contributed by atoms with Gasteiger partial charge in [-0.15, -0.1) is 0 Å². The van der Waals surface area contributed by atoms with E-state index in [2.05, 4.69) is 5.32 Å². The van der Waals surface area contributed by atoms with E-state index in [1.807, 2.05) is 60.7 Å². The van der Waals surface area contributed by atoms with E-state index in [4.69, 9.17) is 25.2 Å². The zero-order valence-corrected chi connectivity index (χ0v) is 19.5. The van der Waals surface area contributed by atoms with Crippen molar-refractivity contribution in [2.75, 3.05) is 26.5 Å². The molecule has 0 aliphatic carbocycles. The number of hydrogen-bond donors (Lipinski definition) is 2. The van der Waals surface area contributed by atoms with Crippen LogP contribution >= 0.6 is 0 Å². The van der Waals surface area contributed by atoms with E-state index in [0.29, 0.717) is 57.9 Å². The Labute approximate surface area is 202 Å². The monoisotopic (exact) mass is 467 g/mol. The molecule has 0 radical (unpaired) electrons. The lowest BCUT2D eigenvalue weighted by Gasteiger charge is -2.12. The highest BCUT2D eigenvalue weighted by molar-refractivity contribution is 6.11.